The molecule has 2 heterocycles. The normalized spacial score (nSPS) is 17.7. The van der Waals surface area contributed by atoms with E-state index in [4.69, 9.17) is 4.74 Å². The van der Waals surface area contributed by atoms with Gasteiger partial charge < -0.3 is 14.6 Å². The second-order valence-electron chi connectivity index (χ2n) is 8.69. The number of pyridine rings is 1. The van der Waals surface area contributed by atoms with E-state index in [1.165, 1.54) is 6.26 Å². The van der Waals surface area contributed by atoms with E-state index >= 15 is 0 Å². The number of nitrogens with one attached hydrogen (secondary N) is 1. The maximum absolute atomic E-state index is 12.9. The Hall–Kier alpha value is -3.13. The number of carbonyl (C=O) groups excluding carboxylic acids is 1. The van der Waals surface area contributed by atoms with Gasteiger partial charge in [-0.3, -0.25) is 9.59 Å². The highest BCUT2D eigenvalue weighted by Crippen LogP contribution is 2.31. The fraction of sp³-hybridized carbons (Fsp3) is 0.360. The fourth-order valence-electron chi connectivity index (χ4n) is 4.41. The number of nitrogens with zero attached hydrogens (tertiary/aromatic N) is 1. The molecule has 0 saturated carbocycles. The first-order chi connectivity index (χ1) is 15.6. The average molecular weight is 469 g/mol. The summed E-state index contributed by atoms with van der Waals surface area (Å²) in [5.74, 6) is 0.151. The number of sulfone groups is 1. The van der Waals surface area contributed by atoms with Crippen molar-refractivity contribution in [3.05, 3.63) is 64.6 Å². The van der Waals surface area contributed by atoms with Gasteiger partial charge in [0.2, 0.25) is 0 Å². The number of carbonyl (C=O) groups is 1. The Morgan fingerprint density at radius 1 is 1.15 bits per heavy atom. The van der Waals surface area contributed by atoms with Crippen LogP contribution in [0.1, 0.15) is 25.3 Å². The van der Waals surface area contributed by atoms with Gasteiger partial charge in [0, 0.05) is 31.1 Å². The lowest BCUT2D eigenvalue weighted by Crippen LogP contribution is -2.49. The van der Waals surface area contributed by atoms with Gasteiger partial charge in [-0.25, -0.2) is 8.42 Å². The molecule has 7 nitrogen and oxygen atoms in total. The summed E-state index contributed by atoms with van der Waals surface area (Å²) in [5, 5.41) is 0.732. The zero-order chi connectivity index (χ0) is 23.8. The van der Waals surface area contributed by atoms with Crippen LogP contribution in [-0.4, -0.2) is 54.9 Å². The van der Waals surface area contributed by atoms with Gasteiger partial charge in [-0.2, -0.15) is 0 Å². The molecule has 0 radical (unpaired) electrons. The van der Waals surface area contributed by atoms with Crippen molar-refractivity contribution in [3.63, 3.8) is 0 Å². The Morgan fingerprint density at radius 3 is 2.64 bits per heavy atom. The predicted molar refractivity (Wildman–Crippen MR) is 129 cm³/mol. The summed E-state index contributed by atoms with van der Waals surface area (Å²) in [5.41, 5.74) is 2.80. The molecule has 1 aromatic heterocycles. The van der Waals surface area contributed by atoms with Crippen molar-refractivity contribution in [3.8, 4) is 16.9 Å². The van der Waals surface area contributed by atoms with Gasteiger partial charge in [-0.1, -0.05) is 24.3 Å². The van der Waals surface area contributed by atoms with E-state index in [1.54, 1.807) is 30.2 Å². The average Bonchev–Trinajstić information content (AvgIpc) is 2.79. The lowest BCUT2D eigenvalue weighted by Gasteiger charge is -2.33. The molecule has 1 N–H and O–H groups in total. The summed E-state index contributed by atoms with van der Waals surface area (Å²) >= 11 is 0. The Bertz CT molecular complexity index is 1360. The highest BCUT2D eigenvalue weighted by molar-refractivity contribution is 7.91. The van der Waals surface area contributed by atoms with Crippen LogP contribution < -0.4 is 10.3 Å². The van der Waals surface area contributed by atoms with E-state index in [0.29, 0.717) is 30.5 Å². The monoisotopic (exact) mass is 468 g/mol. The minimum absolute atomic E-state index is 0.183. The molecule has 1 aliphatic rings. The Kier molecular flexibility index (Phi) is 6.30. The molecule has 3 aromatic rings. The molecule has 33 heavy (non-hydrogen) atoms. The van der Waals surface area contributed by atoms with Crippen LogP contribution in [0.5, 0.6) is 5.75 Å². The standard InChI is InChI=1S/C25H28N2O5S/c1-16-7-4-5-9-20(16)23-14-26-24(28)22-13-18(10-11-21(22)23)32-17(2)25(29)27-12-6-8-19(15-27)33(3,30)31/h4-5,7,9-11,13-14,17,19H,6,8,12,15H2,1-3H3,(H,26,28). The second-order valence-corrected chi connectivity index (χ2v) is 11.0. The maximum atomic E-state index is 12.9. The molecule has 1 saturated heterocycles. The molecular weight excluding hydrogens is 440 g/mol. The van der Waals surface area contributed by atoms with Crippen LogP contribution in [0.15, 0.2) is 53.5 Å². The van der Waals surface area contributed by atoms with Crippen molar-refractivity contribution in [2.75, 3.05) is 19.3 Å². The molecule has 2 atom stereocenters. The summed E-state index contributed by atoms with van der Waals surface area (Å²) < 4.78 is 29.7. The van der Waals surface area contributed by atoms with E-state index in [1.807, 2.05) is 37.3 Å². The van der Waals surface area contributed by atoms with Crippen molar-refractivity contribution in [2.45, 2.75) is 38.0 Å². The van der Waals surface area contributed by atoms with Crippen molar-refractivity contribution < 1.29 is 17.9 Å². The zero-order valence-corrected chi connectivity index (χ0v) is 19.8. The van der Waals surface area contributed by atoms with E-state index in [9.17, 15) is 18.0 Å². The number of rotatable bonds is 5. The third kappa shape index (κ3) is 4.80. The molecule has 1 fully saturated rings. The zero-order valence-electron chi connectivity index (χ0n) is 19.0. The predicted octanol–water partition coefficient (Wildman–Crippen LogP) is 3.31. The number of ether oxygens (including phenoxy) is 1. The molecule has 0 spiro atoms. The molecule has 1 amide bonds. The van der Waals surface area contributed by atoms with Gasteiger partial charge in [0.25, 0.3) is 11.5 Å². The van der Waals surface area contributed by atoms with Crippen molar-refractivity contribution in [1.29, 1.82) is 0 Å². The van der Waals surface area contributed by atoms with Crippen LogP contribution in [0.2, 0.25) is 0 Å². The van der Waals surface area contributed by atoms with E-state index in [2.05, 4.69) is 4.98 Å². The molecular formula is C25H28N2O5S. The Labute approximate surface area is 193 Å². The number of amides is 1. The summed E-state index contributed by atoms with van der Waals surface area (Å²) in [7, 11) is -3.21. The topological polar surface area (TPSA) is 96.5 Å². The first kappa shape index (κ1) is 23.0. The maximum Gasteiger partial charge on any atom is 0.263 e. The molecule has 4 rings (SSSR count). The van der Waals surface area contributed by atoms with Gasteiger partial charge in [0.1, 0.15) is 5.75 Å². The minimum atomic E-state index is -3.21. The first-order valence-electron chi connectivity index (χ1n) is 11.0. The number of benzene rings is 2. The molecule has 2 unspecified atom stereocenters. The van der Waals surface area contributed by atoms with Crippen LogP contribution in [0.4, 0.5) is 0 Å². The van der Waals surface area contributed by atoms with Crippen LogP contribution in [0.25, 0.3) is 21.9 Å². The van der Waals surface area contributed by atoms with Gasteiger partial charge in [0.05, 0.1) is 10.6 Å². The third-order valence-corrected chi connectivity index (χ3v) is 7.86. The van der Waals surface area contributed by atoms with Crippen LogP contribution >= 0.6 is 0 Å². The number of fused-ring (bicyclic) bond motifs is 1. The quantitative estimate of drug-likeness (QED) is 0.620. The highest BCUT2D eigenvalue weighted by atomic mass is 32.2. The smallest absolute Gasteiger partial charge is 0.263 e. The number of aromatic nitrogens is 1. The number of likely N-dealkylation sites (tertiary alicyclic amines) is 1. The minimum Gasteiger partial charge on any atom is -0.481 e. The number of aryl methyl sites for hydroxylation is 1. The SMILES string of the molecule is Cc1ccccc1-c1c[nH]c(=O)c2cc(OC(C)C(=O)N3CCCC(S(C)(=O)=O)C3)ccc12. The number of piperidine rings is 1. The third-order valence-electron chi connectivity index (χ3n) is 6.26. The molecule has 0 aliphatic carbocycles. The summed E-state index contributed by atoms with van der Waals surface area (Å²) in [6, 6.07) is 13.2. The van der Waals surface area contributed by atoms with E-state index in [0.717, 1.165) is 22.1 Å². The van der Waals surface area contributed by atoms with Gasteiger partial charge in [0.15, 0.2) is 15.9 Å². The van der Waals surface area contributed by atoms with Crippen LogP contribution in [-0.2, 0) is 14.6 Å². The van der Waals surface area contributed by atoms with Gasteiger partial charge in [-0.05, 0) is 61.4 Å². The van der Waals surface area contributed by atoms with Crippen molar-refractivity contribution in [2.24, 2.45) is 0 Å². The molecule has 174 valence electrons. The number of hydrogen-bond acceptors (Lipinski definition) is 5. The lowest BCUT2D eigenvalue weighted by molar-refractivity contribution is -0.138. The molecule has 8 heteroatoms. The van der Waals surface area contributed by atoms with Crippen LogP contribution in [0.3, 0.4) is 0 Å². The number of H-pyrrole nitrogens is 1. The van der Waals surface area contributed by atoms with Crippen molar-refractivity contribution >= 4 is 26.5 Å². The number of aromatic amines is 1. The largest absolute Gasteiger partial charge is 0.481 e. The molecule has 2 aromatic carbocycles. The Balaban J connectivity index is 1.58. The van der Waals surface area contributed by atoms with E-state index in [-0.39, 0.29) is 18.0 Å². The van der Waals surface area contributed by atoms with Gasteiger partial charge >= 0.3 is 0 Å². The first-order valence-corrected chi connectivity index (χ1v) is 13.0. The number of hydrogen-bond donors (Lipinski definition) is 1. The fourth-order valence-corrected chi connectivity index (χ4v) is 5.46. The lowest BCUT2D eigenvalue weighted by atomic mass is 9.97. The summed E-state index contributed by atoms with van der Waals surface area (Å²) in [6.45, 7) is 4.36. The highest BCUT2D eigenvalue weighted by Gasteiger charge is 2.32. The van der Waals surface area contributed by atoms with Crippen LogP contribution in [0, 0.1) is 6.92 Å². The van der Waals surface area contributed by atoms with E-state index < -0.39 is 21.2 Å². The molecule has 1 aliphatic heterocycles. The summed E-state index contributed by atoms with van der Waals surface area (Å²) in [6.07, 6.45) is 3.33. The van der Waals surface area contributed by atoms with Crippen molar-refractivity contribution in [1.82, 2.24) is 9.88 Å². The molecule has 0 bridgehead atoms. The Morgan fingerprint density at radius 2 is 1.91 bits per heavy atom. The van der Waals surface area contributed by atoms with Gasteiger partial charge in [-0.15, -0.1) is 0 Å². The second kappa shape index (κ2) is 9.02. The summed E-state index contributed by atoms with van der Waals surface area (Å²) in [4.78, 5) is 29.8.